The van der Waals surface area contributed by atoms with Crippen LogP contribution in [0.1, 0.15) is 18.4 Å². The monoisotopic (exact) mass is 203 g/mol. The predicted octanol–water partition coefficient (Wildman–Crippen LogP) is 1.14. The fourth-order valence-electron chi connectivity index (χ4n) is 1.48. The third-order valence-electron chi connectivity index (χ3n) is 2.85. The summed E-state index contributed by atoms with van der Waals surface area (Å²) < 4.78 is 0. The molecule has 1 saturated carbocycles. The molecule has 78 valence electrons. The Hall–Kier alpha value is -1.60. The molecule has 0 aromatic carbocycles. The summed E-state index contributed by atoms with van der Waals surface area (Å²) in [6, 6.07) is 5.55. The first kappa shape index (κ1) is 9.94. The van der Waals surface area contributed by atoms with Gasteiger partial charge in [0.2, 0.25) is 0 Å². The van der Waals surface area contributed by atoms with E-state index >= 15 is 0 Å². The topological polar surface area (TPSA) is 68.9 Å². The molecule has 1 fully saturated rings. The lowest BCUT2D eigenvalue weighted by molar-refractivity contribution is 0.219. The van der Waals surface area contributed by atoms with Crippen molar-refractivity contribution < 1.29 is 5.11 Å². The number of hydrogen-bond acceptors (Lipinski definition) is 4. The molecule has 1 aromatic rings. The van der Waals surface area contributed by atoms with Gasteiger partial charge in [0.1, 0.15) is 11.9 Å². The summed E-state index contributed by atoms with van der Waals surface area (Å²) in [4.78, 5) is 4.10. The van der Waals surface area contributed by atoms with Crippen molar-refractivity contribution >= 4 is 5.82 Å². The Morgan fingerprint density at radius 1 is 1.60 bits per heavy atom. The zero-order valence-electron chi connectivity index (χ0n) is 8.40. The number of nitrogens with zero attached hydrogens (tertiary/aromatic N) is 2. The van der Waals surface area contributed by atoms with Gasteiger partial charge in [-0.05, 0) is 25.0 Å². The summed E-state index contributed by atoms with van der Waals surface area (Å²) >= 11 is 0. The van der Waals surface area contributed by atoms with Crippen LogP contribution in [0.4, 0.5) is 5.82 Å². The molecule has 0 spiro atoms. The maximum absolute atomic E-state index is 9.14. The van der Waals surface area contributed by atoms with Gasteiger partial charge in [-0.2, -0.15) is 5.26 Å². The minimum atomic E-state index is 0.0320. The van der Waals surface area contributed by atoms with Gasteiger partial charge in [0.25, 0.3) is 0 Å². The van der Waals surface area contributed by atoms with Crippen molar-refractivity contribution in [3.8, 4) is 6.07 Å². The first-order valence-corrected chi connectivity index (χ1v) is 4.99. The SMILES string of the molecule is N#Cc1cccnc1NCC1(CO)CC1. The van der Waals surface area contributed by atoms with Crippen LogP contribution >= 0.6 is 0 Å². The second-order valence-corrected chi connectivity index (χ2v) is 4.02. The highest BCUT2D eigenvalue weighted by Crippen LogP contribution is 2.44. The summed E-state index contributed by atoms with van der Waals surface area (Å²) in [5, 5.41) is 21.1. The summed E-state index contributed by atoms with van der Waals surface area (Å²) in [6.45, 7) is 0.893. The molecule has 1 aromatic heterocycles. The van der Waals surface area contributed by atoms with E-state index in [1.54, 1.807) is 18.3 Å². The van der Waals surface area contributed by atoms with E-state index in [9.17, 15) is 0 Å². The standard InChI is InChI=1S/C11H13N3O/c12-6-9-2-1-5-13-10(9)14-7-11(8-15)3-4-11/h1-2,5,15H,3-4,7-8H2,(H,13,14). The highest BCUT2D eigenvalue weighted by atomic mass is 16.3. The molecule has 2 rings (SSSR count). The molecule has 1 aliphatic rings. The van der Waals surface area contributed by atoms with Crippen LogP contribution in [0.2, 0.25) is 0 Å². The maximum atomic E-state index is 9.14. The Morgan fingerprint density at radius 3 is 3.00 bits per heavy atom. The van der Waals surface area contributed by atoms with Gasteiger partial charge in [-0.1, -0.05) is 0 Å². The second kappa shape index (κ2) is 3.87. The van der Waals surface area contributed by atoms with Crippen molar-refractivity contribution in [3.63, 3.8) is 0 Å². The van der Waals surface area contributed by atoms with E-state index in [0.717, 1.165) is 12.8 Å². The summed E-state index contributed by atoms with van der Waals surface area (Å²) in [7, 11) is 0. The molecular formula is C11H13N3O. The molecule has 2 N–H and O–H groups in total. The van der Waals surface area contributed by atoms with Gasteiger partial charge in [0.05, 0.1) is 12.2 Å². The second-order valence-electron chi connectivity index (χ2n) is 4.02. The number of rotatable bonds is 4. The van der Waals surface area contributed by atoms with Crippen LogP contribution in [-0.4, -0.2) is 23.2 Å². The lowest BCUT2D eigenvalue weighted by atomic mass is 10.1. The quantitative estimate of drug-likeness (QED) is 0.769. The molecule has 0 atom stereocenters. The Kier molecular flexibility index (Phi) is 2.57. The number of hydrogen-bond donors (Lipinski definition) is 2. The number of pyridine rings is 1. The average Bonchev–Trinajstić information content (AvgIpc) is 3.07. The van der Waals surface area contributed by atoms with Crippen molar-refractivity contribution in [2.45, 2.75) is 12.8 Å². The maximum Gasteiger partial charge on any atom is 0.143 e. The highest BCUT2D eigenvalue weighted by molar-refractivity contribution is 5.51. The molecule has 1 heterocycles. The third kappa shape index (κ3) is 2.08. The Labute approximate surface area is 88.6 Å². The van der Waals surface area contributed by atoms with Crippen LogP contribution < -0.4 is 5.32 Å². The van der Waals surface area contributed by atoms with Gasteiger partial charge in [0, 0.05) is 18.2 Å². The van der Waals surface area contributed by atoms with Crippen molar-refractivity contribution in [1.29, 1.82) is 5.26 Å². The van der Waals surface area contributed by atoms with Crippen LogP contribution in [0.5, 0.6) is 0 Å². The molecular weight excluding hydrogens is 190 g/mol. The molecule has 0 aliphatic heterocycles. The van der Waals surface area contributed by atoms with Crippen molar-refractivity contribution in [3.05, 3.63) is 23.9 Å². The van der Waals surface area contributed by atoms with Gasteiger partial charge in [0.15, 0.2) is 0 Å². The molecule has 4 heteroatoms. The van der Waals surface area contributed by atoms with E-state index in [4.69, 9.17) is 10.4 Å². The first-order valence-electron chi connectivity index (χ1n) is 4.99. The van der Waals surface area contributed by atoms with Crippen LogP contribution in [0.15, 0.2) is 18.3 Å². The minimum absolute atomic E-state index is 0.0320. The number of aromatic nitrogens is 1. The van der Waals surface area contributed by atoms with E-state index in [0.29, 0.717) is 17.9 Å². The van der Waals surface area contributed by atoms with Gasteiger partial charge < -0.3 is 10.4 Å². The third-order valence-corrected chi connectivity index (χ3v) is 2.85. The van der Waals surface area contributed by atoms with Gasteiger partial charge >= 0.3 is 0 Å². The predicted molar refractivity (Wildman–Crippen MR) is 56.2 cm³/mol. The minimum Gasteiger partial charge on any atom is -0.396 e. The Bertz CT molecular complexity index is 393. The van der Waals surface area contributed by atoms with E-state index in [1.165, 1.54) is 0 Å². The average molecular weight is 203 g/mol. The molecule has 4 nitrogen and oxygen atoms in total. The van der Waals surface area contributed by atoms with E-state index < -0.39 is 0 Å². The van der Waals surface area contributed by atoms with Gasteiger partial charge in [-0.15, -0.1) is 0 Å². The number of aliphatic hydroxyl groups is 1. The number of nitriles is 1. The number of aliphatic hydroxyl groups excluding tert-OH is 1. The van der Waals surface area contributed by atoms with Crippen LogP contribution in [-0.2, 0) is 0 Å². The Morgan fingerprint density at radius 2 is 2.40 bits per heavy atom. The molecule has 0 unspecified atom stereocenters. The number of nitrogens with one attached hydrogen (secondary N) is 1. The lowest BCUT2D eigenvalue weighted by Crippen LogP contribution is -2.20. The normalized spacial score (nSPS) is 16.8. The van der Waals surface area contributed by atoms with Crippen molar-refractivity contribution in [2.75, 3.05) is 18.5 Å². The van der Waals surface area contributed by atoms with Gasteiger partial charge in [-0.25, -0.2) is 4.98 Å². The highest BCUT2D eigenvalue weighted by Gasteiger charge is 2.41. The molecule has 0 saturated heterocycles. The van der Waals surface area contributed by atoms with Crippen LogP contribution in [0.25, 0.3) is 0 Å². The van der Waals surface area contributed by atoms with E-state index in [2.05, 4.69) is 16.4 Å². The molecule has 0 amide bonds. The fraction of sp³-hybridized carbons (Fsp3) is 0.455. The van der Waals surface area contributed by atoms with Gasteiger partial charge in [-0.3, -0.25) is 0 Å². The lowest BCUT2D eigenvalue weighted by Gasteiger charge is -2.13. The van der Waals surface area contributed by atoms with Crippen LogP contribution in [0, 0.1) is 16.7 Å². The zero-order chi connectivity index (χ0) is 10.7. The molecule has 0 bridgehead atoms. The van der Waals surface area contributed by atoms with E-state index in [-0.39, 0.29) is 12.0 Å². The number of anilines is 1. The summed E-state index contributed by atoms with van der Waals surface area (Å²) in [6.07, 6.45) is 3.75. The van der Waals surface area contributed by atoms with Crippen LogP contribution in [0.3, 0.4) is 0 Å². The van der Waals surface area contributed by atoms with Crippen molar-refractivity contribution in [1.82, 2.24) is 4.98 Å². The van der Waals surface area contributed by atoms with E-state index in [1.807, 2.05) is 0 Å². The molecule has 15 heavy (non-hydrogen) atoms. The summed E-state index contributed by atoms with van der Waals surface area (Å²) in [5.74, 6) is 0.611. The Balaban J connectivity index is 2.02. The largest absolute Gasteiger partial charge is 0.396 e. The molecule has 1 aliphatic carbocycles. The first-order chi connectivity index (χ1) is 7.29. The zero-order valence-corrected chi connectivity index (χ0v) is 8.40. The summed E-state index contributed by atoms with van der Waals surface area (Å²) in [5.41, 5.74) is 0.579. The fourth-order valence-corrected chi connectivity index (χ4v) is 1.48. The smallest absolute Gasteiger partial charge is 0.143 e. The molecule has 0 radical (unpaired) electrons. The van der Waals surface area contributed by atoms with Crippen molar-refractivity contribution in [2.24, 2.45) is 5.41 Å².